The highest BCUT2D eigenvalue weighted by molar-refractivity contribution is 7.14. The second kappa shape index (κ2) is 8.88. The first kappa shape index (κ1) is 20.4. The summed E-state index contributed by atoms with van der Waals surface area (Å²) in [6, 6.07) is 7.40. The molecule has 3 aromatic heterocycles. The van der Waals surface area contributed by atoms with Crippen LogP contribution >= 0.6 is 11.3 Å². The third-order valence-corrected chi connectivity index (χ3v) is 5.12. The van der Waals surface area contributed by atoms with Crippen LogP contribution in [-0.2, 0) is 11.2 Å². The Balaban J connectivity index is 1.27. The molecule has 2 amide bonds. The lowest BCUT2D eigenvalue weighted by Gasteiger charge is -2.00. The molecule has 31 heavy (non-hydrogen) atoms. The van der Waals surface area contributed by atoms with E-state index in [0.29, 0.717) is 46.5 Å². The highest BCUT2D eigenvalue weighted by Gasteiger charge is 2.13. The van der Waals surface area contributed by atoms with Crippen molar-refractivity contribution in [2.24, 2.45) is 5.73 Å². The summed E-state index contributed by atoms with van der Waals surface area (Å²) in [6.07, 6.45) is 2.82. The van der Waals surface area contributed by atoms with Crippen molar-refractivity contribution in [2.45, 2.75) is 19.3 Å². The summed E-state index contributed by atoms with van der Waals surface area (Å²) in [5.74, 6) is -0.304. The van der Waals surface area contributed by atoms with Crippen LogP contribution in [0.15, 0.2) is 46.4 Å². The average molecular weight is 440 g/mol. The molecule has 9 nitrogen and oxygen atoms in total. The van der Waals surface area contributed by atoms with Crippen molar-refractivity contribution in [1.29, 1.82) is 0 Å². The molecule has 0 saturated heterocycles. The zero-order valence-electron chi connectivity index (χ0n) is 16.1. The maximum absolute atomic E-state index is 13.0. The number of thiazole rings is 1. The van der Waals surface area contributed by atoms with Crippen LogP contribution in [0.25, 0.3) is 22.6 Å². The van der Waals surface area contributed by atoms with Crippen LogP contribution in [0.1, 0.15) is 29.2 Å². The van der Waals surface area contributed by atoms with Gasteiger partial charge in [0, 0.05) is 35.5 Å². The van der Waals surface area contributed by atoms with Crippen LogP contribution in [0.4, 0.5) is 9.52 Å². The number of nitrogens with two attached hydrogens (primary N) is 1. The molecule has 0 radical (unpaired) electrons. The molecule has 11 heteroatoms. The molecule has 0 spiro atoms. The number of nitrogens with one attached hydrogen (secondary N) is 2. The summed E-state index contributed by atoms with van der Waals surface area (Å²) in [5.41, 5.74) is 7.50. The number of halogens is 1. The molecule has 4 N–H and O–H groups in total. The van der Waals surface area contributed by atoms with E-state index in [1.807, 2.05) is 0 Å². The van der Waals surface area contributed by atoms with Gasteiger partial charge in [-0.3, -0.25) is 9.59 Å². The van der Waals surface area contributed by atoms with Gasteiger partial charge in [-0.2, -0.15) is 4.98 Å². The number of benzene rings is 1. The molecule has 0 unspecified atom stereocenters. The van der Waals surface area contributed by atoms with Gasteiger partial charge < -0.3 is 20.6 Å². The summed E-state index contributed by atoms with van der Waals surface area (Å²) in [4.78, 5) is 34.8. The highest BCUT2D eigenvalue weighted by Crippen LogP contribution is 2.25. The molecule has 4 rings (SSSR count). The van der Waals surface area contributed by atoms with Crippen LogP contribution in [0.3, 0.4) is 0 Å². The standard InChI is InChI=1S/C20H17FN6O3S/c21-13-6-4-11(5-7-13)19-26-17(30-27-19)3-1-2-16(28)25-20-24-15(10-31-20)12-8-14(18(22)29)23-9-12/h4-10,23H,1-3H2,(H2,22,29)(H,24,25,28). The van der Waals surface area contributed by atoms with Crippen molar-refractivity contribution >= 4 is 28.3 Å². The number of H-pyrrole nitrogens is 1. The Bertz CT molecular complexity index is 1210. The number of aromatic nitrogens is 4. The fraction of sp³-hybridized carbons (Fsp3) is 0.150. The fourth-order valence-corrected chi connectivity index (χ4v) is 3.54. The van der Waals surface area contributed by atoms with Crippen molar-refractivity contribution in [1.82, 2.24) is 20.1 Å². The molecule has 1 aromatic carbocycles. The minimum absolute atomic E-state index is 0.189. The van der Waals surface area contributed by atoms with E-state index in [-0.39, 0.29) is 23.8 Å². The lowest BCUT2D eigenvalue weighted by molar-refractivity contribution is -0.116. The molecule has 0 atom stereocenters. The third-order valence-electron chi connectivity index (χ3n) is 4.36. The van der Waals surface area contributed by atoms with Gasteiger partial charge in [0.2, 0.25) is 17.6 Å². The van der Waals surface area contributed by atoms with Crippen LogP contribution in [0.5, 0.6) is 0 Å². The molecule has 0 aliphatic carbocycles. The molecule has 0 aliphatic heterocycles. The second-order valence-electron chi connectivity index (χ2n) is 6.62. The first-order valence-electron chi connectivity index (χ1n) is 9.30. The highest BCUT2D eigenvalue weighted by atomic mass is 32.1. The number of rotatable bonds is 8. The SMILES string of the molecule is NC(=O)c1cc(-c2csc(NC(=O)CCCc3nc(-c4ccc(F)cc4)no3)n2)c[nH]1. The zero-order valence-corrected chi connectivity index (χ0v) is 16.9. The van der Waals surface area contributed by atoms with Crippen LogP contribution in [0, 0.1) is 5.82 Å². The number of hydrogen-bond acceptors (Lipinski definition) is 7. The smallest absolute Gasteiger partial charge is 0.265 e. The maximum Gasteiger partial charge on any atom is 0.265 e. The minimum Gasteiger partial charge on any atom is -0.364 e. The summed E-state index contributed by atoms with van der Waals surface area (Å²) < 4.78 is 18.2. The van der Waals surface area contributed by atoms with Gasteiger partial charge in [0.25, 0.3) is 5.91 Å². The van der Waals surface area contributed by atoms with Gasteiger partial charge in [-0.15, -0.1) is 11.3 Å². The number of anilines is 1. The van der Waals surface area contributed by atoms with Gasteiger partial charge in [0.05, 0.1) is 5.69 Å². The van der Waals surface area contributed by atoms with Crippen molar-refractivity contribution in [3.63, 3.8) is 0 Å². The summed E-state index contributed by atoms with van der Waals surface area (Å²) in [6.45, 7) is 0. The monoisotopic (exact) mass is 440 g/mol. The molecule has 0 saturated carbocycles. The number of carbonyl (C=O) groups excluding carboxylic acids is 2. The molecule has 0 fully saturated rings. The van der Waals surface area contributed by atoms with E-state index in [1.165, 1.54) is 23.5 Å². The molecular weight excluding hydrogens is 423 g/mol. The Morgan fingerprint density at radius 2 is 2.00 bits per heavy atom. The predicted molar refractivity (Wildman–Crippen MR) is 112 cm³/mol. The quantitative estimate of drug-likeness (QED) is 0.384. The average Bonchev–Trinajstić information content (AvgIpc) is 3.49. The van der Waals surface area contributed by atoms with Gasteiger partial charge in [0.15, 0.2) is 5.13 Å². The maximum atomic E-state index is 13.0. The Morgan fingerprint density at radius 1 is 1.19 bits per heavy atom. The Morgan fingerprint density at radius 3 is 2.74 bits per heavy atom. The van der Waals surface area contributed by atoms with E-state index in [2.05, 4.69) is 25.4 Å². The normalized spacial score (nSPS) is 10.9. The lowest BCUT2D eigenvalue weighted by Crippen LogP contribution is -2.11. The molecule has 0 bridgehead atoms. The largest absolute Gasteiger partial charge is 0.364 e. The van der Waals surface area contributed by atoms with Crippen molar-refractivity contribution in [2.75, 3.05) is 5.32 Å². The van der Waals surface area contributed by atoms with E-state index in [0.717, 1.165) is 0 Å². The molecule has 3 heterocycles. The fourth-order valence-electron chi connectivity index (χ4n) is 2.80. The Hall–Kier alpha value is -3.86. The van der Waals surface area contributed by atoms with Crippen LogP contribution in [-0.4, -0.2) is 31.9 Å². The predicted octanol–water partition coefficient (Wildman–Crippen LogP) is 3.39. The number of hydrogen-bond donors (Lipinski definition) is 3. The van der Waals surface area contributed by atoms with Gasteiger partial charge >= 0.3 is 0 Å². The van der Waals surface area contributed by atoms with E-state index >= 15 is 0 Å². The van der Waals surface area contributed by atoms with Gasteiger partial charge in [-0.05, 0) is 36.8 Å². The van der Waals surface area contributed by atoms with E-state index in [9.17, 15) is 14.0 Å². The number of nitrogens with zero attached hydrogens (tertiary/aromatic N) is 3. The number of carbonyl (C=O) groups is 2. The Kier molecular flexibility index (Phi) is 5.85. The van der Waals surface area contributed by atoms with E-state index < -0.39 is 5.91 Å². The summed E-state index contributed by atoms with van der Waals surface area (Å²) in [5, 5.41) is 8.86. The molecule has 4 aromatic rings. The van der Waals surface area contributed by atoms with E-state index in [4.69, 9.17) is 10.3 Å². The van der Waals surface area contributed by atoms with Gasteiger partial charge in [-0.1, -0.05) is 5.16 Å². The number of aryl methyl sites for hydroxylation is 1. The zero-order chi connectivity index (χ0) is 21.8. The topological polar surface area (TPSA) is 140 Å². The number of amides is 2. The van der Waals surface area contributed by atoms with Crippen LogP contribution < -0.4 is 11.1 Å². The molecule has 158 valence electrons. The van der Waals surface area contributed by atoms with Crippen LogP contribution in [0.2, 0.25) is 0 Å². The number of primary amides is 1. The minimum atomic E-state index is -0.555. The first-order valence-corrected chi connectivity index (χ1v) is 10.2. The van der Waals surface area contributed by atoms with Gasteiger partial charge in [0.1, 0.15) is 11.5 Å². The van der Waals surface area contributed by atoms with Crippen molar-refractivity contribution in [3.05, 3.63) is 59.3 Å². The third kappa shape index (κ3) is 5.01. The molecule has 0 aliphatic rings. The van der Waals surface area contributed by atoms with Crippen molar-refractivity contribution < 1.29 is 18.5 Å². The summed E-state index contributed by atoms with van der Waals surface area (Å²) in [7, 11) is 0. The van der Waals surface area contributed by atoms with Gasteiger partial charge in [-0.25, -0.2) is 9.37 Å². The number of aromatic amines is 1. The molecular formula is C20H17FN6O3S. The Labute approximate surface area is 179 Å². The first-order chi connectivity index (χ1) is 15.0. The second-order valence-corrected chi connectivity index (χ2v) is 7.48. The summed E-state index contributed by atoms with van der Waals surface area (Å²) >= 11 is 1.28. The lowest BCUT2D eigenvalue weighted by atomic mass is 10.2. The van der Waals surface area contributed by atoms with E-state index in [1.54, 1.807) is 29.8 Å². The van der Waals surface area contributed by atoms with Crippen molar-refractivity contribution in [3.8, 4) is 22.6 Å².